The zero-order valence-corrected chi connectivity index (χ0v) is 13.9. The number of nitrogens with zero attached hydrogens (tertiary/aromatic N) is 3. The molecular formula is C19H19N3O2. The summed E-state index contributed by atoms with van der Waals surface area (Å²) in [6.07, 6.45) is -0.545. The second kappa shape index (κ2) is 6.28. The highest BCUT2D eigenvalue weighted by Crippen LogP contribution is 2.23. The Morgan fingerprint density at radius 3 is 2.00 bits per heavy atom. The van der Waals surface area contributed by atoms with Gasteiger partial charge in [-0.15, -0.1) is 9.78 Å². The SMILES string of the molecule is CC(C)(C)OC(=O)n1nc(-c2ccccc2)nc1-c1ccccc1. The van der Waals surface area contributed by atoms with Gasteiger partial charge in [-0.2, -0.15) is 0 Å². The standard InChI is InChI=1S/C19H19N3O2/c1-19(2,3)24-18(23)22-17(15-12-8-5-9-13-15)20-16(21-22)14-10-6-4-7-11-14/h4-13H,1-3H3. The summed E-state index contributed by atoms with van der Waals surface area (Å²) in [6, 6.07) is 19.0. The van der Waals surface area contributed by atoms with Crippen molar-refractivity contribution in [2.24, 2.45) is 0 Å². The van der Waals surface area contributed by atoms with E-state index >= 15 is 0 Å². The maximum absolute atomic E-state index is 12.5. The Kier molecular flexibility index (Phi) is 4.16. The molecule has 2 aromatic carbocycles. The molecule has 0 aliphatic heterocycles. The minimum Gasteiger partial charge on any atom is -0.442 e. The van der Waals surface area contributed by atoms with Crippen LogP contribution in [0.1, 0.15) is 20.8 Å². The lowest BCUT2D eigenvalue weighted by atomic mass is 10.2. The molecule has 0 bridgehead atoms. The molecule has 24 heavy (non-hydrogen) atoms. The topological polar surface area (TPSA) is 57.0 Å². The van der Waals surface area contributed by atoms with Gasteiger partial charge in [-0.3, -0.25) is 0 Å². The molecule has 3 aromatic rings. The van der Waals surface area contributed by atoms with Gasteiger partial charge in [0.15, 0.2) is 11.6 Å². The fourth-order valence-electron chi connectivity index (χ4n) is 2.23. The number of carbonyl (C=O) groups excluding carboxylic acids is 1. The third kappa shape index (κ3) is 3.51. The Bertz CT molecular complexity index is 834. The summed E-state index contributed by atoms with van der Waals surface area (Å²) < 4.78 is 6.68. The number of benzene rings is 2. The summed E-state index contributed by atoms with van der Waals surface area (Å²) in [5, 5.41) is 4.37. The van der Waals surface area contributed by atoms with Gasteiger partial charge in [0.25, 0.3) is 0 Å². The molecule has 1 heterocycles. The lowest BCUT2D eigenvalue weighted by Crippen LogP contribution is -2.28. The van der Waals surface area contributed by atoms with Crippen LogP contribution in [0.5, 0.6) is 0 Å². The van der Waals surface area contributed by atoms with Crippen LogP contribution >= 0.6 is 0 Å². The van der Waals surface area contributed by atoms with E-state index in [1.54, 1.807) is 0 Å². The van der Waals surface area contributed by atoms with Gasteiger partial charge in [0.2, 0.25) is 0 Å². The van der Waals surface area contributed by atoms with Crippen LogP contribution in [-0.2, 0) is 4.74 Å². The van der Waals surface area contributed by atoms with Crippen molar-refractivity contribution in [3.8, 4) is 22.8 Å². The molecule has 0 fully saturated rings. The zero-order chi connectivity index (χ0) is 17.2. The molecule has 0 radical (unpaired) electrons. The van der Waals surface area contributed by atoms with E-state index in [0.717, 1.165) is 11.1 Å². The molecule has 0 N–H and O–H groups in total. The maximum Gasteiger partial charge on any atom is 0.437 e. The van der Waals surface area contributed by atoms with Crippen molar-refractivity contribution in [1.82, 2.24) is 14.8 Å². The second-order valence-electron chi connectivity index (χ2n) is 6.38. The van der Waals surface area contributed by atoms with E-state index in [1.807, 2.05) is 81.4 Å². The molecule has 0 atom stereocenters. The molecule has 1 aromatic heterocycles. The van der Waals surface area contributed by atoms with E-state index in [4.69, 9.17) is 4.74 Å². The molecule has 0 unspecified atom stereocenters. The van der Waals surface area contributed by atoms with Gasteiger partial charge in [0.05, 0.1) is 0 Å². The van der Waals surface area contributed by atoms with Crippen molar-refractivity contribution in [1.29, 1.82) is 0 Å². The monoisotopic (exact) mass is 321 g/mol. The van der Waals surface area contributed by atoms with Gasteiger partial charge in [-0.1, -0.05) is 60.7 Å². The van der Waals surface area contributed by atoms with Crippen LogP contribution in [0, 0.1) is 0 Å². The summed E-state index contributed by atoms with van der Waals surface area (Å²) in [4.78, 5) is 17.1. The Morgan fingerprint density at radius 2 is 1.46 bits per heavy atom. The molecule has 122 valence electrons. The predicted molar refractivity (Wildman–Crippen MR) is 92.5 cm³/mol. The summed E-state index contributed by atoms with van der Waals surface area (Å²) in [5.41, 5.74) is 1.04. The first kappa shape index (κ1) is 15.9. The Morgan fingerprint density at radius 1 is 0.917 bits per heavy atom. The van der Waals surface area contributed by atoms with Gasteiger partial charge in [-0.05, 0) is 20.8 Å². The number of hydrogen-bond acceptors (Lipinski definition) is 4. The first-order valence-electron chi connectivity index (χ1n) is 7.75. The van der Waals surface area contributed by atoms with Crippen LogP contribution in [-0.4, -0.2) is 26.5 Å². The summed E-state index contributed by atoms with van der Waals surface area (Å²) >= 11 is 0. The minimum atomic E-state index is -0.607. The van der Waals surface area contributed by atoms with Crippen molar-refractivity contribution in [3.63, 3.8) is 0 Å². The third-order valence-corrected chi connectivity index (χ3v) is 3.24. The van der Waals surface area contributed by atoms with Crippen LogP contribution in [0.2, 0.25) is 0 Å². The molecule has 0 aliphatic rings. The van der Waals surface area contributed by atoms with E-state index in [0.29, 0.717) is 11.6 Å². The number of rotatable bonds is 2. The maximum atomic E-state index is 12.5. The fourth-order valence-corrected chi connectivity index (χ4v) is 2.23. The average Bonchev–Trinajstić information content (AvgIpc) is 3.00. The highest BCUT2D eigenvalue weighted by Gasteiger charge is 2.23. The summed E-state index contributed by atoms with van der Waals surface area (Å²) in [7, 11) is 0. The lowest BCUT2D eigenvalue weighted by Gasteiger charge is -2.19. The Hall–Kier alpha value is -2.95. The second-order valence-corrected chi connectivity index (χ2v) is 6.38. The molecular weight excluding hydrogens is 302 g/mol. The molecule has 0 saturated heterocycles. The van der Waals surface area contributed by atoms with Crippen molar-refractivity contribution < 1.29 is 9.53 Å². The van der Waals surface area contributed by atoms with Crippen LogP contribution in [0.3, 0.4) is 0 Å². The van der Waals surface area contributed by atoms with E-state index in [-0.39, 0.29) is 0 Å². The van der Waals surface area contributed by atoms with Crippen molar-refractivity contribution in [3.05, 3.63) is 60.7 Å². The highest BCUT2D eigenvalue weighted by atomic mass is 16.6. The van der Waals surface area contributed by atoms with Gasteiger partial charge in [0.1, 0.15) is 5.60 Å². The highest BCUT2D eigenvalue weighted by molar-refractivity contribution is 5.77. The predicted octanol–water partition coefficient (Wildman–Crippen LogP) is 4.40. The van der Waals surface area contributed by atoms with E-state index in [9.17, 15) is 4.79 Å². The first-order valence-corrected chi connectivity index (χ1v) is 7.75. The lowest BCUT2D eigenvalue weighted by molar-refractivity contribution is 0.0518. The molecule has 5 nitrogen and oxygen atoms in total. The molecule has 3 rings (SSSR count). The number of aromatic nitrogens is 3. The van der Waals surface area contributed by atoms with Crippen molar-refractivity contribution in [2.45, 2.75) is 26.4 Å². The summed E-state index contributed by atoms with van der Waals surface area (Å²) in [5.74, 6) is 0.948. The molecule has 0 saturated carbocycles. The van der Waals surface area contributed by atoms with Crippen molar-refractivity contribution >= 4 is 6.09 Å². The Balaban J connectivity index is 2.09. The van der Waals surface area contributed by atoms with E-state index in [2.05, 4.69) is 10.1 Å². The van der Waals surface area contributed by atoms with E-state index < -0.39 is 11.7 Å². The third-order valence-electron chi connectivity index (χ3n) is 3.24. The largest absolute Gasteiger partial charge is 0.442 e. The van der Waals surface area contributed by atoms with E-state index in [1.165, 1.54) is 4.68 Å². The smallest absolute Gasteiger partial charge is 0.437 e. The molecule has 5 heteroatoms. The van der Waals surface area contributed by atoms with Gasteiger partial charge >= 0.3 is 6.09 Å². The Labute approximate surface area is 140 Å². The quantitative estimate of drug-likeness (QED) is 0.702. The number of ether oxygens (including phenoxy) is 1. The van der Waals surface area contributed by atoms with Crippen LogP contribution in [0.4, 0.5) is 4.79 Å². The number of hydrogen-bond donors (Lipinski definition) is 0. The van der Waals surface area contributed by atoms with Gasteiger partial charge in [-0.25, -0.2) is 9.78 Å². The van der Waals surface area contributed by atoms with Crippen molar-refractivity contribution in [2.75, 3.05) is 0 Å². The molecule has 0 spiro atoms. The fraction of sp³-hybridized carbons (Fsp3) is 0.211. The molecule has 0 aliphatic carbocycles. The number of carbonyl (C=O) groups is 1. The average molecular weight is 321 g/mol. The first-order chi connectivity index (χ1) is 11.4. The molecule has 0 amide bonds. The van der Waals surface area contributed by atoms with Crippen LogP contribution in [0.25, 0.3) is 22.8 Å². The van der Waals surface area contributed by atoms with Gasteiger partial charge in [0, 0.05) is 11.1 Å². The van der Waals surface area contributed by atoms with Crippen LogP contribution in [0.15, 0.2) is 60.7 Å². The summed E-state index contributed by atoms with van der Waals surface area (Å²) in [6.45, 7) is 5.46. The normalized spacial score (nSPS) is 11.3. The minimum absolute atomic E-state index is 0.462. The van der Waals surface area contributed by atoms with Gasteiger partial charge < -0.3 is 4.74 Å². The van der Waals surface area contributed by atoms with Crippen LogP contribution < -0.4 is 0 Å². The zero-order valence-electron chi connectivity index (χ0n) is 13.9.